The molecular weight excluding hydrogens is 108 g/mol. The molecule has 0 amide bonds. The van der Waals surface area contributed by atoms with Crippen LogP contribution in [-0.4, -0.2) is 0 Å². The highest BCUT2D eigenvalue weighted by Crippen LogP contribution is 2.08. The summed E-state index contributed by atoms with van der Waals surface area (Å²) >= 11 is 0. The van der Waals surface area contributed by atoms with E-state index in [1.54, 1.807) is 0 Å². The van der Waals surface area contributed by atoms with Gasteiger partial charge in [-0.1, -0.05) is 35.5 Å². The molecular formula is C9H12. The summed E-state index contributed by atoms with van der Waals surface area (Å²) in [5.41, 5.74) is 2.77. The third kappa shape index (κ3) is 1.88. The summed E-state index contributed by atoms with van der Waals surface area (Å²) in [6.45, 7) is 4.27. The summed E-state index contributed by atoms with van der Waals surface area (Å²) in [6.07, 6.45) is 9.79. The van der Waals surface area contributed by atoms with Gasteiger partial charge < -0.3 is 0 Å². The van der Waals surface area contributed by atoms with Crippen molar-refractivity contribution in [3.05, 3.63) is 35.5 Å². The first-order chi connectivity index (χ1) is 4.29. The van der Waals surface area contributed by atoms with Gasteiger partial charge >= 0.3 is 0 Å². The molecule has 0 aromatic rings. The Balaban J connectivity index is 2.80. The Morgan fingerprint density at radius 1 is 1.22 bits per heavy atom. The zero-order chi connectivity index (χ0) is 6.69. The minimum atomic E-state index is 1.10. The Bertz CT molecular complexity index is 180. The normalized spacial score (nSPS) is 18.4. The van der Waals surface area contributed by atoms with Crippen molar-refractivity contribution in [2.45, 2.75) is 20.3 Å². The number of hydrogen-bond donors (Lipinski definition) is 0. The highest BCUT2D eigenvalue weighted by molar-refractivity contribution is 5.28. The predicted molar refractivity (Wildman–Crippen MR) is 41.3 cm³/mol. The van der Waals surface area contributed by atoms with Gasteiger partial charge in [0.2, 0.25) is 0 Å². The van der Waals surface area contributed by atoms with Crippen LogP contribution in [0.3, 0.4) is 0 Å². The van der Waals surface area contributed by atoms with Crippen molar-refractivity contribution >= 4 is 0 Å². The Kier molecular flexibility index (Phi) is 1.88. The summed E-state index contributed by atoms with van der Waals surface area (Å²) in [6, 6.07) is 0. The largest absolute Gasteiger partial charge is 0.0802 e. The SMILES string of the molecule is CC1=CC=C(C)CC=C1. The van der Waals surface area contributed by atoms with E-state index >= 15 is 0 Å². The number of hydrogen-bond acceptors (Lipinski definition) is 0. The van der Waals surface area contributed by atoms with Gasteiger partial charge in [-0.2, -0.15) is 0 Å². The predicted octanol–water partition coefficient (Wildman–Crippen LogP) is 2.84. The van der Waals surface area contributed by atoms with Gasteiger partial charge in [-0.3, -0.25) is 0 Å². The van der Waals surface area contributed by atoms with Crippen LogP contribution in [-0.2, 0) is 0 Å². The first kappa shape index (κ1) is 6.34. The summed E-state index contributed by atoms with van der Waals surface area (Å²) in [7, 11) is 0. The second-order valence-electron chi connectivity index (χ2n) is 2.53. The first-order valence-corrected chi connectivity index (χ1v) is 3.29. The average molecular weight is 120 g/mol. The van der Waals surface area contributed by atoms with E-state index in [0.29, 0.717) is 0 Å². The quantitative estimate of drug-likeness (QED) is 0.461. The second kappa shape index (κ2) is 2.67. The van der Waals surface area contributed by atoms with E-state index in [1.807, 2.05) is 0 Å². The lowest BCUT2D eigenvalue weighted by molar-refractivity contribution is 1.22. The van der Waals surface area contributed by atoms with Gasteiger partial charge in [0, 0.05) is 0 Å². The van der Waals surface area contributed by atoms with Gasteiger partial charge in [-0.15, -0.1) is 0 Å². The molecule has 0 aromatic carbocycles. The fourth-order valence-electron chi connectivity index (χ4n) is 0.828. The van der Waals surface area contributed by atoms with E-state index in [0.717, 1.165) is 6.42 Å². The van der Waals surface area contributed by atoms with E-state index in [2.05, 4.69) is 38.2 Å². The smallest absolute Gasteiger partial charge is 0.0135 e. The van der Waals surface area contributed by atoms with E-state index in [9.17, 15) is 0 Å². The molecule has 0 heteroatoms. The molecule has 48 valence electrons. The summed E-state index contributed by atoms with van der Waals surface area (Å²) in [5, 5.41) is 0. The molecule has 0 saturated heterocycles. The average Bonchev–Trinajstić information content (AvgIpc) is 1.97. The standard InChI is InChI=1S/C9H12/c1-8-4-3-5-9(2)7-6-8/h3-4,6-7H,5H2,1-2H3. The van der Waals surface area contributed by atoms with E-state index in [-0.39, 0.29) is 0 Å². The fourth-order valence-corrected chi connectivity index (χ4v) is 0.828. The molecule has 1 rings (SSSR count). The Morgan fingerprint density at radius 3 is 2.78 bits per heavy atom. The molecule has 0 heterocycles. The maximum atomic E-state index is 2.20. The molecule has 0 fully saturated rings. The molecule has 0 aromatic heterocycles. The van der Waals surface area contributed by atoms with Crippen LogP contribution >= 0.6 is 0 Å². The minimum Gasteiger partial charge on any atom is -0.0802 e. The molecule has 0 N–H and O–H groups in total. The number of allylic oxidation sites excluding steroid dienone is 6. The van der Waals surface area contributed by atoms with Crippen LogP contribution in [0.1, 0.15) is 20.3 Å². The van der Waals surface area contributed by atoms with Crippen molar-refractivity contribution in [3.63, 3.8) is 0 Å². The number of rotatable bonds is 0. The molecule has 0 saturated carbocycles. The van der Waals surface area contributed by atoms with Gasteiger partial charge in [0.15, 0.2) is 0 Å². The zero-order valence-corrected chi connectivity index (χ0v) is 6.02. The monoisotopic (exact) mass is 120 g/mol. The molecule has 1 aliphatic rings. The highest BCUT2D eigenvalue weighted by atomic mass is 13.9. The Morgan fingerprint density at radius 2 is 2.00 bits per heavy atom. The molecule has 0 spiro atoms. The topological polar surface area (TPSA) is 0 Å². The molecule has 0 atom stereocenters. The van der Waals surface area contributed by atoms with Crippen molar-refractivity contribution in [2.75, 3.05) is 0 Å². The molecule has 0 aliphatic heterocycles. The lowest BCUT2D eigenvalue weighted by Crippen LogP contribution is -1.66. The third-order valence-corrected chi connectivity index (χ3v) is 1.45. The summed E-state index contributed by atoms with van der Waals surface area (Å²) < 4.78 is 0. The van der Waals surface area contributed by atoms with E-state index in [4.69, 9.17) is 0 Å². The molecule has 0 radical (unpaired) electrons. The first-order valence-electron chi connectivity index (χ1n) is 3.29. The molecule has 0 bridgehead atoms. The van der Waals surface area contributed by atoms with Crippen LogP contribution in [0.2, 0.25) is 0 Å². The van der Waals surface area contributed by atoms with Crippen molar-refractivity contribution in [3.8, 4) is 0 Å². The highest BCUT2D eigenvalue weighted by Gasteiger charge is 1.88. The molecule has 0 unspecified atom stereocenters. The van der Waals surface area contributed by atoms with Crippen molar-refractivity contribution in [1.82, 2.24) is 0 Å². The molecule has 0 nitrogen and oxygen atoms in total. The van der Waals surface area contributed by atoms with Crippen molar-refractivity contribution < 1.29 is 0 Å². The zero-order valence-electron chi connectivity index (χ0n) is 6.02. The van der Waals surface area contributed by atoms with Crippen molar-refractivity contribution in [2.24, 2.45) is 0 Å². The van der Waals surface area contributed by atoms with Crippen LogP contribution in [0.5, 0.6) is 0 Å². The lowest BCUT2D eigenvalue weighted by atomic mass is 10.2. The lowest BCUT2D eigenvalue weighted by Gasteiger charge is -1.86. The van der Waals surface area contributed by atoms with Gasteiger partial charge in [0.1, 0.15) is 0 Å². The third-order valence-electron chi connectivity index (χ3n) is 1.45. The molecule has 9 heavy (non-hydrogen) atoms. The van der Waals surface area contributed by atoms with Gasteiger partial charge in [0.05, 0.1) is 0 Å². The summed E-state index contributed by atoms with van der Waals surface area (Å²) in [4.78, 5) is 0. The van der Waals surface area contributed by atoms with Crippen LogP contribution in [0.25, 0.3) is 0 Å². The Labute approximate surface area is 56.6 Å². The maximum absolute atomic E-state index is 2.20. The second-order valence-corrected chi connectivity index (χ2v) is 2.53. The van der Waals surface area contributed by atoms with Crippen LogP contribution in [0.15, 0.2) is 35.5 Å². The minimum absolute atomic E-state index is 1.10. The van der Waals surface area contributed by atoms with Crippen LogP contribution in [0.4, 0.5) is 0 Å². The fraction of sp³-hybridized carbons (Fsp3) is 0.333. The van der Waals surface area contributed by atoms with E-state index in [1.165, 1.54) is 11.1 Å². The van der Waals surface area contributed by atoms with Crippen LogP contribution in [0, 0.1) is 0 Å². The molecule has 1 aliphatic carbocycles. The van der Waals surface area contributed by atoms with Gasteiger partial charge in [-0.25, -0.2) is 0 Å². The van der Waals surface area contributed by atoms with Gasteiger partial charge in [-0.05, 0) is 20.3 Å². The van der Waals surface area contributed by atoms with Crippen molar-refractivity contribution in [1.29, 1.82) is 0 Å². The summed E-state index contributed by atoms with van der Waals surface area (Å²) in [5.74, 6) is 0. The van der Waals surface area contributed by atoms with Gasteiger partial charge in [0.25, 0.3) is 0 Å². The van der Waals surface area contributed by atoms with E-state index < -0.39 is 0 Å². The van der Waals surface area contributed by atoms with Crippen LogP contribution < -0.4 is 0 Å². The Hall–Kier alpha value is -0.780. The maximum Gasteiger partial charge on any atom is -0.0135 e.